The third-order valence-corrected chi connectivity index (χ3v) is 4.28. The molecule has 3 nitrogen and oxygen atoms in total. The van der Waals surface area contributed by atoms with Gasteiger partial charge in [-0.05, 0) is 52.5 Å². The van der Waals surface area contributed by atoms with Gasteiger partial charge >= 0.3 is 0 Å². The number of halogens is 1. The van der Waals surface area contributed by atoms with Crippen LogP contribution in [0.5, 0.6) is 11.5 Å². The van der Waals surface area contributed by atoms with Crippen LogP contribution in [0, 0.1) is 6.92 Å². The van der Waals surface area contributed by atoms with Crippen LogP contribution in [0.3, 0.4) is 0 Å². The lowest BCUT2D eigenvalue weighted by Crippen LogP contribution is -2.01. The number of phenolic OH excluding ortho intramolecular Hbond substituents is 1. The Kier molecular flexibility index (Phi) is 7.37. The normalized spacial score (nSPS) is 11.3. The number of phenols is 1. The fourth-order valence-corrected chi connectivity index (χ4v) is 2.62. The van der Waals surface area contributed by atoms with Crippen molar-refractivity contribution in [3.8, 4) is 11.5 Å². The molecule has 23 heavy (non-hydrogen) atoms. The van der Waals surface area contributed by atoms with Gasteiger partial charge in [-0.25, -0.2) is 0 Å². The van der Waals surface area contributed by atoms with Crippen molar-refractivity contribution in [1.29, 1.82) is 0 Å². The van der Waals surface area contributed by atoms with Crippen LogP contribution in [0.4, 0.5) is 0 Å². The first kappa shape index (κ1) is 19.3. The van der Waals surface area contributed by atoms with Crippen molar-refractivity contribution in [2.75, 3.05) is 7.11 Å². The van der Waals surface area contributed by atoms with Crippen molar-refractivity contribution in [3.05, 3.63) is 45.0 Å². The van der Waals surface area contributed by atoms with Crippen molar-refractivity contribution in [3.63, 3.8) is 0 Å². The van der Waals surface area contributed by atoms with E-state index in [1.54, 1.807) is 6.92 Å². The molecule has 1 N–H and O–H groups in total. The lowest BCUT2D eigenvalue weighted by Gasteiger charge is -2.16. The fourth-order valence-electron chi connectivity index (χ4n) is 2.40. The quantitative estimate of drug-likeness (QED) is 0.535. The zero-order valence-electron chi connectivity index (χ0n) is 14.5. The van der Waals surface area contributed by atoms with Crippen LogP contribution >= 0.6 is 11.6 Å². The summed E-state index contributed by atoms with van der Waals surface area (Å²) in [6.07, 6.45) is 7.36. The molecule has 0 aliphatic rings. The van der Waals surface area contributed by atoms with Gasteiger partial charge in [-0.3, -0.25) is 4.79 Å². The van der Waals surface area contributed by atoms with E-state index in [-0.39, 0.29) is 10.8 Å². The average Bonchev–Trinajstić information content (AvgIpc) is 2.51. The number of carbonyl (C=O) groups excluding carboxylic acids is 1. The van der Waals surface area contributed by atoms with Crippen LogP contribution in [-0.4, -0.2) is 18.5 Å². The van der Waals surface area contributed by atoms with Crippen molar-refractivity contribution in [1.82, 2.24) is 0 Å². The molecule has 0 spiro atoms. The van der Waals surface area contributed by atoms with Crippen molar-refractivity contribution in [2.45, 2.75) is 47.0 Å². The molecular formula is C19H25ClO3. The van der Waals surface area contributed by atoms with Crippen LogP contribution < -0.4 is 4.74 Å². The molecule has 0 bridgehead atoms. The van der Waals surface area contributed by atoms with Crippen molar-refractivity contribution < 1.29 is 14.6 Å². The summed E-state index contributed by atoms with van der Waals surface area (Å²) in [6.45, 7) is 7.91. The van der Waals surface area contributed by atoms with Crippen LogP contribution in [0.25, 0.3) is 0 Å². The van der Waals surface area contributed by atoms with Gasteiger partial charge in [0.2, 0.25) is 0 Å². The lowest BCUT2D eigenvalue weighted by atomic mass is 9.98. The molecule has 1 aromatic carbocycles. The molecule has 0 atom stereocenters. The van der Waals surface area contributed by atoms with E-state index in [1.807, 2.05) is 6.08 Å². The molecule has 0 saturated carbocycles. The van der Waals surface area contributed by atoms with Crippen LogP contribution in [-0.2, 0) is 6.42 Å². The molecule has 0 saturated heterocycles. The van der Waals surface area contributed by atoms with Gasteiger partial charge in [0.05, 0.1) is 17.7 Å². The highest BCUT2D eigenvalue weighted by Crippen LogP contribution is 2.41. The minimum atomic E-state index is -0.0139. The summed E-state index contributed by atoms with van der Waals surface area (Å²) in [4.78, 5) is 11.3. The monoisotopic (exact) mass is 336 g/mol. The van der Waals surface area contributed by atoms with Crippen LogP contribution in [0.2, 0.25) is 5.02 Å². The smallest absolute Gasteiger partial charge is 0.154 e. The van der Waals surface area contributed by atoms with Crippen molar-refractivity contribution >= 4 is 17.9 Å². The number of methoxy groups -OCH3 is 1. The van der Waals surface area contributed by atoms with Crippen LogP contribution in [0.15, 0.2) is 23.3 Å². The molecule has 1 rings (SSSR count). The van der Waals surface area contributed by atoms with E-state index in [9.17, 15) is 9.90 Å². The summed E-state index contributed by atoms with van der Waals surface area (Å²) < 4.78 is 5.34. The number of rotatable bonds is 7. The predicted octanol–water partition coefficient (Wildman–Crippen LogP) is 5.41. The Hall–Kier alpha value is -1.74. The molecule has 0 radical (unpaired) electrons. The topological polar surface area (TPSA) is 46.5 Å². The molecular weight excluding hydrogens is 312 g/mol. The summed E-state index contributed by atoms with van der Waals surface area (Å²) in [5.41, 5.74) is 3.99. The van der Waals surface area contributed by atoms with E-state index in [0.717, 1.165) is 12.8 Å². The molecule has 0 amide bonds. The SMILES string of the molecule is COc1c(C=O)c(C)c(Cl)c(O)c1CC=C(C)CCC=C(C)C. The summed E-state index contributed by atoms with van der Waals surface area (Å²) in [6, 6.07) is 0. The summed E-state index contributed by atoms with van der Waals surface area (Å²) >= 11 is 6.14. The number of benzene rings is 1. The minimum Gasteiger partial charge on any atom is -0.506 e. The Morgan fingerprint density at radius 1 is 1.26 bits per heavy atom. The average molecular weight is 337 g/mol. The maximum absolute atomic E-state index is 11.3. The Morgan fingerprint density at radius 3 is 2.43 bits per heavy atom. The van der Waals surface area contributed by atoms with Crippen molar-refractivity contribution in [2.24, 2.45) is 0 Å². The molecule has 1 aromatic rings. The Morgan fingerprint density at radius 2 is 1.91 bits per heavy atom. The number of carbonyl (C=O) groups is 1. The highest BCUT2D eigenvalue weighted by Gasteiger charge is 2.20. The molecule has 4 heteroatoms. The maximum Gasteiger partial charge on any atom is 0.154 e. The Bertz CT molecular complexity index is 639. The van der Waals surface area contributed by atoms with E-state index in [4.69, 9.17) is 16.3 Å². The first-order valence-corrected chi connectivity index (χ1v) is 8.03. The second-order valence-corrected chi connectivity index (χ2v) is 6.28. The van der Waals surface area contributed by atoms with Gasteiger partial charge < -0.3 is 9.84 Å². The van der Waals surface area contributed by atoms with Gasteiger partial charge in [0, 0.05) is 5.56 Å². The summed E-state index contributed by atoms with van der Waals surface area (Å²) in [5, 5.41) is 10.5. The molecule has 0 aromatic heterocycles. The number of aldehydes is 1. The van der Waals surface area contributed by atoms with E-state index < -0.39 is 0 Å². The number of ether oxygens (including phenoxy) is 1. The van der Waals surface area contributed by atoms with Gasteiger partial charge in [0.1, 0.15) is 11.5 Å². The Labute approximate surface area is 143 Å². The highest BCUT2D eigenvalue weighted by atomic mass is 35.5. The largest absolute Gasteiger partial charge is 0.506 e. The number of hydrogen-bond donors (Lipinski definition) is 1. The lowest BCUT2D eigenvalue weighted by molar-refractivity contribution is 0.112. The molecule has 0 fully saturated rings. The van der Waals surface area contributed by atoms with Gasteiger partial charge in [-0.2, -0.15) is 0 Å². The standard InChI is InChI=1S/C19H25ClO3/c1-12(2)7-6-8-13(3)9-10-15-18(22)17(20)14(4)16(11-21)19(15)23-5/h7,9,11,22H,6,8,10H2,1-5H3. The van der Waals surface area contributed by atoms with E-state index >= 15 is 0 Å². The van der Waals surface area contributed by atoms with E-state index in [2.05, 4.69) is 26.8 Å². The highest BCUT2D eigenvalue weighted by molar-refractivity contribution is 6.33. The van der Waals surface area contributed by atoms with Crippen LogP contribution in [0.1, 0.15) is 55.1 Å². The summed E-state index contributed by atoms with van der Waals surface area (Å²) in [7, 11) is 1.49. The molecule has 0 heterocycles. The maximum atomic E-state index is 11.3. The number of hydrogen-bond acceptors (Lipinski definition) is 3. The molecule has 0 unspecified atom stereocenters. The molecule has 0 aliphatic carbocycles. The third kappa shape index (κ3) is 4.87. The van der Waals surface area contributed by atoms with Gasteiger partial charge in [0.25, 0.3) is 0 Å². The predicted molar refractivity (Wildman–Crippen MR) is 95.9 cm³/mol. The second-order valence-electron chi connectivity index (χ2n) is 5.91. The number of allylic oxidation sites excluding steroid dienone is 4. The Balaban J connectivity index is 3.11. The number of aromatic hydroxyl groups is 1. The van der Waals surface area contributed by atoms with Gasteiger partial charge in [-0.15, -0.1) is 0 Å². The second kappa shape index (κ2) is 8.78. The first-order chi connectivity index (χ1) is 10.8. The third-order valence-electron chi connectivity index (χ3n) is 3.81. The molecule has 126 valence electrons. The summed E-state index contributed by atoms with van der Waals surface area (Å²) in [5.74, 6) is 0.382. The van der Waals surface area contributed by atoms with E-state index in [0.29, 0.717) is 35.1 Å². The zero-order valence-corrected chi connectivity index (χ0v) is 15.3. The fraction of sp³-hybridized carbons (Fsp3) is 0.421. The van der Waals surface area contributed by atoms with E-state index in [1.165, 1.54) is 18.3 Å². The first-order valence-electron chi connectivity index (χ1n) is 7.65. The molecule has 0 aliphatic heterocycles. The zero-order chi connectivity index (χ0) is 17.6. The van der Waals surface area contributed by atoms with Gasteiger partial charge in [-0.1, -0.05) is 34.9 Å². The minimum absolute atomic E-state index is 0.0139. The van der Waals surface area contributed by atoms with Gasteiger partial charge in [0.15, 0.2) is 6.29 Å².